The molecule has 0 aliphatic rings. The number of benzene rings is 2. The maximum absolute atomic E-state index is 14.0. The molecule has 3 rings (SSSR count). The van der Waals surface area contributed by atoms with Gasteiger partial charge in [-0.1, -0.05) is 18.2 Å². The number of ether oxygens (including phenoxy) is 1. The van der Waals surface area contributed by atoms with E-state index in [4.69, 9.17) is 4.74 Å². The van der Waals surface area contributed by atoms with Gasteiger partial charge in [-0.15, -0.1) is 0 Å². The van der Waals surface area contributed by atoms with Gasteiger partial charge in [0.05, 0.1) is 7.11 Å². The van der Waals surface area contributed by atoms with Crippen molar-refractivity contribution in [1.29, 1.82) is 5.26 Å². The highest BCUT2D eigenvalue weighted by Crippen LogP contribution is 2.35. The molecule has 0 aliphatic heterocycles. The van der Waals surface area contributed by atoms with Crippen molar-refractivity contribution in [3.8, 4) is 22.9 Å². The third-order valence-electron chi connectivity index (χ3n) is 3.26. The molecule has 0 spiro atoms. The molecule has 0 bridgehead atoms. The molecule has 3 aromatic rings. The topological polar surface area (TPSA) is 48.8 Å². The summed E-state index contributed by atoms with van der Waals surface area (Å²) >= 11 is 0. The summed E-state index contributed by atoms with van der Waals surface area (Å²) in [6.45, 7) is 0. The van der Waals surface area contributed by atoms with Gasteiger partial charge in [0.15, 0.2) is 0 Å². The number of methoxy groups -OCH3 is 1. The monoisotopic (exact) mass is 266 g/mol. The van der Waals surface area contributed by atoms with Crippen LogP contribution in [0.15, 0.2) is 42.5 Å². The number of halogens is 1. The molecule has 0 unspecified atom stereocenters. The standard InChI is InChI=1S/C16H11FN2O/c1-20-10-6-7-14-12(8-10)16(15(9-18)19-14)11-4-2-3-5-13(11)17/h2-8,19H,1H3. The molecule has 1 N–H and O–H groups in total. The summed E-state index contributed by atoms with van der Waals surface area (Å²) in [6.07, 6.45) is 0. The number of nitriles is 1. The van der Waals surface area contributed by atoms with E-state index in [9.17, 15) is 9.65 Å². The molecule has 0 aliphatic carbocycles. The van der Waals surface area contributed by atoms with E-state index in [1.807, 2.05) is 6.07 Å². The van der Waals surface area contributed by atoms with Crippen LogP contribution in [0, 0.1) is 17.1 Å². The van der Waals surface area contributed by atoms with Gasteiger partial charge < -0.3 is 9.72 Å². The van der Waals surface area contributed by atoms with Gasteiger partial charge in [-0.2, -0.15) is 5.26 Å². The Morgan fingerprint density at radius 3 is 2.70 bits per heavy atom. The first-order valence-electron chi connectivity index (χ1n) is 6.09. The van der Waals surface area contributed by atoms with Gasteiger partial charge in [-0.05, 0) is 24.3 Å². The van der Waals surface area contributed by atoms with Crippen LogP contribution in [0.25, 0.3) is 22.0 Å². The van der Waals surface area contributed by atoms with Crippen LogP contribution in [0.3, 0.4) is 0 Å². The molecule has 0 saturated carbocycles. The molecule has 0 saturated heterocycles. The maximum atomic E-state index is 14.0. The van der Waals surface area contributed by atoms with Crippen LogP contribution in [0.1, 0.15) is 5.69 Å². The lowest BCUT2D eigenvalue weighted by Gasteiger charge is -2.04. The van der Waals surface area contributed by atoms with Crippen molar-refractivity contribution in [2.24, 2.45) is 0 Å². The smallest absolute Gasteiger partial charge is 0.131 e. The molecular weight excluding hydrogens is 255 g/mol. The Bertz CT molecular complexity index is 830. The number of hydrogen-bond acceptors (Lipinski definition) is 2. The van der Waals surface area contributed by atoms with Crippen LogP contribution in [0.5, 0.6) is 5.75 Å². The predicted molar refractivity (Wildman–Crippen MR) is 75.0 cm³/mol. The fourth-order valence-corrected chi connectivity index (χ4v) is 2.33. The molecular formula is C16H11FN2O. The van der Waals surface area contributed by atoms with Crippen LogP contribution in [0.2, 0.25) is 0 Å². The van der Waals surface area contributed by atoms with E-state index >= 15 is 0 Å². The minimum atomic E-state index is -0.354. The molecule has 1 heterocycles. The minimum Gasteiger partial charge on any atom is -0.497 e. The molecule has 4 heteroatoms. The Balaban J connectivity index is 2.38. The number of aromatic amines is 1. The van der Waals surface area contributed by atoms with Gasteiger partial charge in [-0.25, -0.2) is 4.39 Å². The molecule has 20 heavy (non-hydrogen) atoms. The largest absolute Gasteiger partial charge is 0.497 e. The van der Waals surface area contributed by atoms with Gasteiger partial charge in [0.2, 0.25) is 0 Å². The zero-order chi connectivity index (χ0) is 14.1. The lowest BCUT2D eigenvalue weighted by molar-refractivity contribution is 0.415. The number of nitrogens with one attached hydrogen (secondary N) is 1. The number of hydrogen-bond donors (Lipinski definition) is 1. The zero-order valence-electron chi connectivity index (χ0n) is 10.8. The van der Waals surface area contributed by atoms with E-state index in [0.29, 0.717) is 22.6 Å². The summed E-state index contributed by atoms with van der Waals surface area (Å²) in [4.78, 5) is 3.01. The molecule has 0 radical (unpaired) electrons. The maximum Gasteiger partial charge on any atom is 0.131 e. The fraction of sp³-hybridized carbons (Fsp3) is 0.0625. The van der Waals surface area contributed by atoms with E-state index in [2.05, 4.69) is 11.1 Å². The third-order valence-corrected chi connectivity index (χ3v) is 3.26. The van der Waals surface area contributed by atoms with Crippen LogP contribution < -0.4 is 4.74 Å². The van der Waals surface area contributed by atoms with Crippen molar-refractivity contribution in [2.75, 3.05) is 7.11 Å². The van der Waals surface area contributed by atoms with Crippen LogP contribution in [-0.4, -0.2) is 12.1 Å². The Labute approximate surface area is 115 Å². The highest BCUT2D eigenvalue weighted by Gasteiger charge is 2.16. The van der Waals surface area contributed by atoms with E-state index in [-0.39, 0.29) is 5.82 Å². The predicted octanol–water partition coefficient (Wildman–Crippen LogP) is 3.85. The molecule has 3 nitrogen and oxygen atoms in total. The molecule has 0 atom stereocenters. The first-order valence-corrected chi connectivity index (χ1v) is 6.09. The number of fused-ring (bicyclic) bond motifs is 1. The lowest BCUT2D eigenvalue weighted by atomic mass is 10.0. The van der Waals surface area contributed by atoms with Gasteiger partial charge >= 0.3 is 0 Å². The summed E-state index contributed by atoms with van der Waals surface area (Å²) in [5, 5.41) is 10.0. The summed E-state index contributed by atoms with van der Waals surface area (Å²) in [5.41, 5.74) is 2.10. The van der Waals surface area contributed by atoms with Crippen molar-refractivity contribution in [2.45, 2.75) is 0 Å². The van der Waals surface area contributed by atoms with Crippen LogP contribution >= 0.6 is 0 Å². The minimum absolute atomic E-state index is 0.346. The summed E-state index contributed by atoms with van der Waals surface area (Å²) in [7, 11) is 1.57. The normalized spacial score (nSPS) is 10.4. The molecule has 2 aromatic carbocycles. The lowest BCUT2D eigenvalue weighted by Crippen LogP contribution is -1.86. The second kappa shape index (κ2) is 4.71. The second-order valence-corrected chi connectivity index (χ2v) is 4.38. The zero-order valence-corrected chi connectivity index (χ0v) is 10.8. The summed E-state index contributed by atoms with van der Waals surface area (Å²) < 4.78 is 19.2. The van der Waals surface area contributed by atoms with Crippen molar-refractivity contribution in [3.63, 3.8) is 0 Å². The molecule has 98 valence electrons. The number of H-pyrrole nitrogens is 1. The Hall–Kier alpha value is -2.80. The van der Waals surface area contributed by atoms with Crippen LogP contribution in [0.4, 0.5) is 4.39 Å². The quantitative estimate of drug-likeness (QED) is 0.765. The Kier molecular flexibility index (Phi) is 2.88. The molecule has 1 aromatic heterocycles. The van der Waals surface area contributed by atoms with E-state index in [0.717, 1.165) is 10.9 Å². The Morgan fingerprint density at radius 1 is 1.20 bits per heavy atom. The van der Waals surface area contributed by atoms with Gasteiger partial charge in [0, 0.05) is 22.0 Å². The Morgan fingerprint density at radius 2 is 2.00 bits per heavy atom. The summed E-state index contributed by atoms with van der Waals surface area (Å²) in [6, 6.07) is 13.9. The first-order chi connectivity index (χ1) is 9.74. The van der Waals surface area contributed by atoms with Gasteiger partial charge in [-0.3, -0.25) is 0 Å². The van der Waals surface area contributed by atoms with Gasteiger partial charge in [0.1, 0.15) is 23.3 Å². The van der Waals surface area contributed by atoms with Crippen LogP contribution in [-0.2, 0) is 0 Å². The second-order valence-electron chi connectivity index (χ2n) is 4.38. The highest BCUT2D eigenvalue weighted by molar-refractivity contribution is 5.99. The van der Waals surface area contributed by atoms with E-state index in [1.54, 1.807) is 37.4 Å². The number of nitrogens with zero attached hydrogens (tertiary/aromatic N) is 1. The number of aromatic nitrogens is 1. The van der Waals surface area contributed by atoms with Gasteiger partial charge in [0.25, 0.3) is 0 Å². The van der Waals surface area contributed by atoms with Crippen molar-refractivity contribution in [3.05, 3.63) is 54.0 Å². The fourth-order valence-electron chi connectivity index (χ4n) is 2.33. The van der Waals surface area contributed by atoms with E-state index < -0.39 is 0 Å². The van der Waals surface area contributed by atoms with Crippen molar-refractivity contribution < 1.29 is 9.13 Å². The SMILES string of the molecule is COc1ccc2[nH]c(C#N)c(-c3ccccc3F)c2c1. The van der Waals surface area contributed by atoms with Crippen molar-refractivity contribution >= 4 is 10.9 Å². The van der Waals surface area contributed by atoms with Crippen molar-refractivity contribution in [1.82, 2.24) is 4.98 Å². The molecule has 0 amide bonds. The highest BCUT2D eigenvalue weighted by atomic mass is 19.1. The molecule has 0 fully saturated rings. The average molecular weight is 266 g/mol. The average Bonchev–Trinajstić information content (AvgIpc) is 2.85. The first kappa shape index (κ1) is 12.2. The number of rotatable bonds is 2. The third kappa shape index (κ3) is 1.81. The summed E-state index contributed by atoms with van der Waals surface area (Å²) in [5.74, 6) is 0.311. The van der Waals surface area contributed by atoms with E-state index in [1.165, 1.54) is 6.07 Å².